The van der Waals surface area contributed by atoms with Gasteiger partial charge in [0.2, 0.25) is 0 Å². The minimum absolute atomic E-state index is 0.0197. The molecule has 0 aliphatic carbocycles. The molecule has 2 N–H and O–H groups in total. The Labute approximate surface area is 274 Å². The summed E-state index contributed by atoms with van der Waals surface area (Å²) < 4.78 is 179. The number of halogens is 13. The first-order valence-electron chi connectivity index (χ1n) is 14.6. The van der Waals surface area contributed by atoms with Crippen LogP contribution in [0.25, 0.3) is 0 Å². The molecule has 2 unspecified atom stereocenters. The number of aliphatic hydroxyl groups is 2. The molecular formula is C28H43F13O8. The summed E-state index contributed by atoms with van der Waals surface area (Å²) in [6.07, 6.45) is -5.49. The van der Waals surface area contributed by atoms with Gasteiger partial charge in [-0.2, -0.15) is 57.1 Å². The fraction of sp³-hybridized carbons (Fsp3) is 0.893. The van der Waals surface area contributed by atoms with Crippen molar-refractivity contribution in [3.63, 3.8) is 0 Å². The highest BCUT2D eigenvalue weighted by Crippen LogP contribution is 2.60. The van der Waals surface area contributed by atoms with Gasteiger partial charge < -0.3 is 24.4 Å². The van der Waals surface area contributed by atoms with Crippen LogP contribution in [0.5, 0.6) is 0 Å². The zero-order valence-corrected chi connectivity index (χ0v) is 27.8. The highest BCUT2D eigenvalue weighted by atomic mass is 19.4. The summed E-state index contributed by atoms with van der Waals surface area (Å²) in [5.74, 6) is -40.8. The van der Waals surface area contributed by atoms with Crippen LogP contribution >= 0.6 is 0 Å². The van der Waals surface area contributed by atoms with Gasteiger partial charge in [0.25, 0.3) is 0 Å². The molecular weight excluding hydrogens is 711 g/mol. The smallest absolute Gasteiger partial charge is 0.460 e. The Hall–Kier alpha value is -2.58. The van der Waals surface area contributed by atoms with Gasteiger partial charge in [0.1, 0.15) is 6.61 Å². The summed E-state index contributed by atoms with van der Waals surface area (Å²) in [5.41, 5.74) is -0.421. The number of rotatable bonds is 17. The quantitative estimate of drug-likeness (QED) is 0.0692. The van der Waals surface area contributed by atoms with Crippen LogP contribution in [0.15, 0.2) is 0 Å². The molecule has 0 amide bonds. The van der Waals surface area contributed by atoms with E-state index in [1.165, 1.54) is 6.92 Å². The third-order valence-electron chi connectivity index (χ3n) is 6.73. The minimum atomic E-state index is -7.97. The predicted molar refractivity (Wildman–Crippen MR) is 145 cm³/mol. The Morgan fingerprint density at radius 3 is 1.35 bits per heavy atom. The lowest BCUT2D eigenvalue weighted by molar-refractivity contribution is -0.441. The number of alkyl halides is 13. The molecule has 8 nitrogen and oxygen atoms in total. The highest BCUT2D eigenvalue weighted by molar-refractivity contribution is 5.75. The molecule has 0 aromatic carbocycles. The number of carbonyl (C=O) groups is 3. The van der Waals surface area contributed by atoms with E-state index in [2.05, 4.69) is 4.74 Å². The van der Waals surface area contributed by atoms with Crippen molar-refractivity contribution < 1.29 is 95.9 Å². The van der Waals surface area contributed by atoms with Crippen molar-refractivity contribution in [3.05, 3.63) is 0 Å². The van der Waals surface area contributed by atoms with Gasteiger partial charge in [-0.3, -0.25) is 14.4 Å². The molecule has 0 aromatic heterocycles. The SMILES string of the molecule is CCC(C)(C)C(=O)OCCO.CCC(C)C(=O)OCC(F)(F)C(F)(F)C(F)(F)C(F)(F)C(F)(F)C(F)(F)F.CCC(C)C(=O)OCCCO. The average Bonchev–Trinajstić information content (AvgIpc) is 3.01. The van der Waals surface area contributed by atoms with Crippen LogP contribution in [0.2, 0.25) is 0 Å². The monoisotopic (exact) mass is 754 g/mol. The van der Waals surface area contributed by atoms with Crippen LogP contribution in [0, 0.1) is 17.3 Å². The number of ether oxygens (including phenoxy) is 3. The Morgan fingerprint density at radius 2 is 1.00 bits per heavy atom. The molecule has 0 saturated heterocycles. The van der Waals surface area contributed by atoms with Crippen molar-refractivity contribution in [2.45, 2.75) is 110 Å². The summed E-state index contributed by atoms with van der Waals surface area (Å²) in [6.45, 7) is 9.10. The van der Waals surface area contributed by atoms with Gasteiger partial charge in [-0.15, -0.1) is 0 Å². The number of hydrogen-bond donors (Lipinski definition) is 2. The Morgan fingerprint density at radius 1 is 0.592 bits per heavy atom. The van der Waals surface area contributed by atoms with Crippen LogP contribution in [0.1, 0.15) is 74.1 Å². The molecule has 0 aliphatic rings. The second kappa shape index (κ2) is 20.3. The van der Waals surface area contributed by atoms with Gasteiger partial charge in [0, 0.05) is 13.0 Å². The molecule has 0 radical (unpaired) electrons. The predicted octanol–water partition coefficient (Wildman–Crippen LogP) is 7.23. The van der Waals surface area contributed by atoms with E-state index in [-0.39, 0.29) is 44.1 Å². The molecule has 0 aliphatic heterocycles. The van der Waals surface area contributed by atoms with E-state index in [0.29, 0.717) is 13.0 Å². The van der Waals surface area contributed by atoms with E-state index < -0.39 is 59.7 Å². The van der Waals surface area contributed by atoms with Crippen molar-refractivity contribution in [1.29, 1.82) is 0 Å². The summed E-state index contributed by atoms with van der Waals surface area (Å²) >= 11 is 0. The van der Waals surface area contributed by atoms with Crippen LogP contribution in [-0.4, -0.2) is 96.9 Å². The van der Waals surface area contributed by atoms with E-state index in [4.69, 9.17) is 19.7 Å². The maximum atomic E-state index is 13.3. The fourth-order valence-electron chi connectivity index (χ4n) is 2.39. The summed E-state index contributed by atoms with van der Waals surface area (Å²) in [5, 5.41) is 16.8. The first-order valence-corrected chi connectivity index (χ1v) is 14.6. The molecule has 0 spiro atoms. The molecule has 0 fully saturated rings. The molecule has 0 bridgehead atoms. The third kappa shape index (κ3) is 13.9. The summed E-state index contributed by atoms with van der Waals surface area (Å²) in [4.78, 5) is 33.1. The van der Waals surface area contributed by atoms with Crippen molar-refractivity contribution in [3.8, 4) is 0 Å². The van der Waals surface area contributed by atoms with E-state index in [0.717, 1.165) is 19.8 Å². The zero-order chi connectivity index (χ0) is 39.9. The van der Waals surface area contributed by atoms with E-state index >= 15 is 0 Å². The van der Waals surface area contributed by atoms with Crippen molar-refractivity contribution >= 4 is 17.9 Å². The van der Waals surface area contributed by atoms with Gasteiger partial charge in [-0.05, 0) is 33.1 Å². The van der Waals surface area contributed by atoms with E-state index in [1.54, 1.807) is 0 Å². The Balaban J connectivity index is -0.000000786. The number of esters is 3. The molecule has 0 heterocycles. The fourth-order valence-corrected chi connectivity index (χ4v) is 2.39. The Bertz CT molecular complexity index is 1000. The lowest BCUT2D eigenvalue weighted by Gasteiger charge is -2.39. The van der Waals surface area contributed by atoms with E-state index in [1.807, 2.05) is 34.6 Å². The minimum Gasteiger partial charge on any atom is -0.465 e. The Kier molecular flexibility index (Phi) is 21.1. The number of aliphatic hydroxyl groups excluding tert-OH is 2. The first kappa shape index (κ1) is 50.8. The van der Waals surface area contributed by atoms with Crippen molar-refractivity contribution in [2.75, 3.05) is 33.0 Å². The summed E-state index contributed by atoms with van der Waals surface area (Å²) in [7, 11) is 0. The number of carbonyl (C=O) groups excluding carboxylic acids is 3. The van der Waals surface area contributed by atoms with E-state index in [9.17, 15) is 71.5 Å². The largest absolute Gasteiger partial charge is 0.465 e. The molecule has 49 heavy (non-hydrogen) atoms. The molecule has 294 valence electrons. The average molecular weight is 755 g/mol. The van der Waals surface area contributed by atoms with Crippen LogP contribution in [0.4, 0.5) is 57.1 Å². The topological polar surface area (TPSA) is 119 Å². The highest BCUT2D eigenvalue weighted by Gasteiger charge is 2.90. The summed E-state index contributed by atoms with van der Waals surface area (Å²) in [6, 6.07) is 0. The maximum absolute atomic E-state index is 13.3. The van der Waals surface area contributed by atoms with Crippen molar-refractivity contribution in [1.82, 2.24) is 0 Å². The second-order valence-corrected chi connectivity index (χ2v) is 11.1. The molecule has 2 atom stereocenters. The van der Waals surface area contributed by atoms with Gasteiger partial charge in [-0.1, -0.05) is 34.6 Å². The van der Waals surface area contributed by atoms with Gasteiger partial charge in [0.15, 0.2) is 6.61 Å². The molecule has 0 aromatic rings. The lowest BCUT2D eigenvalue weighted by Crippen LogP contribution is -2.70. The van der Waals surface area contributed by atoms with Crippen LogP contribution in [-0.2, 0) is 28.6 Å². The number of hydrogen-bond acceptors (Lipinski definition) is 8. The molecule has 21 heteroatoms. The maximum Gasteiger partial charge on any atom is 0.460 e. The van der Waals surface area contributed by atoms with Crippen LogP contribution in [0.3, 0.4) is 0 Å². The first-order chi connectivity index (χ1) is 21.9. The van der Waals surface area contributed by atoms with Crippen molar-refractivity contribution in [2.24, 2.45) is 17.3 Å². The van der Waals surface area contributed by atoms with Crippen LogP contribution < -0.4 is 0 Å². The normalized spacial score (nSPS) is 14.3. The van der Waals surface area contributed by atoms with Gasteiger partial charge in [0.05, 0.1) is 30.5 Å². The molecule has 0 rings (SSSR count). The molecule has 0 saturated carbocycles. The third-order valence-corrected chi connectivity index (χ3v) is 6.73. The van der Waals surface area contributed by atoms with Gasteiger partial charge in [-0.25, -0.2) is 0 Å². The zero-order valence-electron chi connectivity index (χ0n) is 27.8. The standard InChI is InChI=1S/C12H11F13O2.2C8H16O3/c1-3-5(2)6(26)27-4-7(13,14)8(15,16)9(17,18)10(19,20)11(21,22)12(23,24)25;1-4-8(2,3)7(10)11-6-5-9;1-3-7(2)8(10)11-6-4-5-9/h5H,3-4H2,1-2H3;9H,4-6H2,1-3H3;7,9H,3-6H2,1-2H3. The second-order valence-electron chi connectivity index (χ2n) is 11.1. The van der Waals surface area contributed by atoms with Gasteiger partial charge >= 0.3 is 53.7 Å². The lowest BCUT2D eigenvalue weighted by atomic mass is 9.91.